The lowest BCUT2D eigenvalue weighted by Gasteiger charge is -2.32. The van der Waals surface area contributed by atoms with Crippen molar-refractivity contribution in [2.45, 2.75) is 37.5 Å². The minimum atomic E-state index is -0.489. The molecule has 4 atom stereocenters. The van der Waals surface area contributed by atoms with Crippen LogP contribution in [0.2, 0.25) is 0 Å². The van der Waals surface area contributed by atoms with E-state index in [1.165, 1.54) is 12.1 Å². The van der Waals surface area contributed by atoms with Gasteiger partial charge < -0.3 is 15.2 Å². The molecule has 1 aliphatic heterocycles. The van der Waals surface area contributed by atoms with Crippen LogP contribution < -0.4 is 5.73 Å². The first-order chi connectivity index (χ1) is 14.1. The Balaban J connectivity index is 1.37. The maximum Gasteiger partial charge on any atom is 0.175 e. The molecule has 152 valence electrons. The van der Waals surface area contributed by atoms with Gasteiger partial charge in [0.05, 0.1) is 18.9 Å². The molecular formula is C24H27FN2O2. The Bertz CT molecular complexity index is 892. The molecule has 4 nitrogen and oxygen atoms in total. The first-order valence-electron chi connectivity index (χ1n) is 10.6. The van der Waals surface area contributed by atoms with Gasteiger partial charge in [0, 0.05) is 30.1 Å². The maximum absolute atomic E-state index is 13.5. The second-order valence-electron chi connectivity index (χ2n) is 8.58. The van der Waals surface area contributed by atoms with Crippen LogP contribution in [-0.4, -0.2) is 30.0 Å². The van der Waals surface area contributed by atoms with Crippen LogP contribution >= 0.6 is 0 Å². The number of fused-ring (bicyclic) bond motifs is 1. The zero-order chi connectivity index (χ0) is 19.8. The van der Waals surface area contributed by atoms with Crippen LogP contribution in [0.15, 0.2) is 48.7 Å². The second kappa shape index (κ2) is 7.63. The molecule has 2 saturated carbocycles. The topological polar surface area (TPSA) is 57.4 Å². The smallest absolute Gasteiger partial charge is 0.175 e. The Morgan fingerprint density at radius 2 is 1.97 bits per heavy atom. The lowest BCUT2D eigenvalue weighted by atomic mass is 9.76. The van der Waals surface area contributed by atoms with E-state index in [0.29, 0.717) is 31.1 Å². The summed E-state index contributed by atoms with van der Waals surface area (Å²) in [5.74, 6) is 0.617. The van der Waals surface area contributed by atoms with E-state index in [0.717, 1.165) is 42.5 Å². The number of halogens is 1. The molecule has 1 aromatic heterocycles. The summed E-state index contributed by atoms with van der Waals surface area (Å²) in [4.78, 5) is 4.57. The molecule has 2 aliphatic carbocycles. The van der Waals surface area contributed by atoms with Crippen LogP contribution in [0.4, 0.5) is 4.39 Å². The molecule has 5 heteroatoms. The Kier molecular flexibility index (Phi) is 4.98. The summed E-state index contributed by atoms with van der Waals surface area (Å²) in [5.41, 5.74) is 8.85. The van der Waals surface area contributed by atoms with E-state index >= 15 is 0 Å². The van der Waals surface area contributed by atoms with E-state index in [1.807, 2.05) is 18.2 Å². The van der Waals surface area contributed by atoms with Crippen molar-refractivity contribution in [2.75, 3.05) is 13.2 Å². The molecule has 1 aromatic carbocycles. The van der Waals surface area contributed by atoms with Crippen molar-refractivity contribution in [3.63, 3.8) is 0 Å². The average molecular weight is 394 g/mol. The van der Waals surface area contributed by atoms with Crippen LogP contribution in [0.3, 0.4) is 0 Å². The Labute approximate surface area is 170 Å². The predicted octanol–water partition coefficient (Wildman–Crippen LogP) is 4.41. The number of hydrogen-bond donors (Lipinski definition) is 1. The lowest BCUT2D eigenvalue weighted by molar-refractivity contribution is -0.175. The molecule has 0 bridgehead atoms. The monoisotopic (exact) mass is 394 g/mol. The molecule has 1 spiro atoms. The van der Waals surface area contributed by atoms with Crippen molar-refractivity contribution < 1.29 is 13.9 Å². The Morgan fingerprint density at radius 3 is 2.72 bits per heavy atom. The average Bonchev–Trinajstić information content (AvgIpc) is 3.31. The third kappa shape index (κ3) is 3.63. The quantitative estimate of drug-likeness (QED) is 0.838. The summed E-state index contributed by atoms with van der Waals surface area (Å²) in [7, 11) is 0. The van der Waals surface area contributed by atoms with Crippen molar-refractivity contribution >= 4 is 6.08 Å². The van der Waals surface area contributed by atoms with Gasteiger partial charge in [-0.2, -0.15) is 0 Å². The number of nitrogens with zero attached hydrogens (tertiary/aromatic N) is 1. The summed E-state index contributed by atoms with van der Waals surface area (Å²) < 4.78 is 25.8. The van der Waals surface area contributed by atoms with Gasteiger partial charge in [-0.3, -0.25) is 4.98 Å². The van der Waals surface area contributed by atoms with E-state index in [2.05, 4.69) is 17.1 Å². The molecule has 3 fully saturated rings. The van der Waals surface area contributed by atoms with E-state index in [-0.39, 0.29) is 11.7 Å². The summed E-state index contributed by atoms with van der Waals surface area (Å²) in [6.45, 7) is 1.33. The number of rotatable bonds is 3. The molecular weight excluding hydrogens is 367 g/mol. The van der Waals surface area contributed by atoms with Gasteiger partial charge in [-0.25, -0.2) is 4.39 Å². The van der Waals surface area contributed by atoms with Crippen molar-refractivity contribution in [3.05, 3.63) is 60.2 Å². The molecule has 2 heterocycles. The predicted molar refractivity (Wildman–Crippen MR) is 110 cm³/mol. The van der Waals surface area contributed by atoms with Crippen molar-refractivity contribution in [1.29, 1.82) is 0 Å². The Hall–Kier alpha value is -2.08. The highest BCUT2D eigenvalue weighted by Gasteiger charge is 2.56. The molecule has 29 heavy (non-hydrogen) atoms. The summed E-state index contributed by atoms with van der Waals surface area (Å²) >= 11 is 0. The van der Waals surface area contributed by atoms with E-state index in [4.69, 9.17) is 15.2 Å². The van der Waals surface area contributed by atoms with Crippen LogP contribution in [0.25, 0.3) is 17.2 Å². The zero-order valence-electron chi connectivity index (χ0n) is 16.5. The molecule has 2 aromatic rings. The maximum atomic E-state index is 13.5. The highest BCUT2D eigenvalue weighted by molar-refractivity contribution is 5.63. The zero-order valence-corrected chi connectivity index (χ0v) is 16.5. The number of pyridine rings is 1. The van der Waals surface area contributed by atoms with Gasteiger partial charge >= 0.3 is 0 Å². The highest BCUT2D eigenvalue weighted by Crippen LogP contribution is 2.54. The van der Waals surface area contributed by atoms with Gasteiger partial charge in [0.15, 0.2) is 5.79 Å². The highest BCUT2D eigenvalue weighted by atomic mass is 19.1. The summed E-state index contributed by atoms with van der Waals surface area (Å²) in [6.07, 6.45) is 10.3. The molecule has 0 amide bonds. The fourth-order valence-electron chi connectivity index (χ4n) is 5.47. The van der Waals surface area contributed by atoms with Crippen molar-refractivity contribution in [3.8, 4) is 11.1 Å². The lowest BCUT2D eigenvalue weighted by Crippen LogP contribution is -2.36. The third-order valence-electron chi connectivity index (χ3n) is 6.79. The minimum absolute atomic E-state index is 0.229. The number of hydrogen-bond acceptors (Lipinski definition) is 4. The SMILES string of the molecule is NC1CC[C@@H]2[C@@H](C1)CC1(OCCO1)[C@H]2/C=C/c1ccc(-c2cccc(F)c2)cn1. The number of aromatic nitrogens is 1. The van der Waals surface area contributed by atoms with Crippen LogP contribution in [0.1, 0.15) is 31.4 Å². The number of benzene rings is 1. The molecule has 0 radical (unpaired) electrons. The van der Waals surface area contributed by atoms with Gasteiger partial charge in [-0.15, -0.1) is 0 Å². The first kappa shape index (κ1) is 18.9. The molecule has 2 N–H and O–H groups in total. The van der Waals surface area contributed by atoms with Crippen molar-refractivity contribution in [1.82, 2.24) is 4.98 Å². The molecule has 3 aliphatic rings. The van der Waals surface area contributed by atoms with Gasteiger partial charge in [-0.05, 0) is 60.9 Å². The van der Waals surface area contributed by atoms with Gasteiger partial charge in [0.2, 0.25) is 0 Å². The fourth-order valence-corrected chi connectivity index (χ4v) is 5.47. The normalized spacial score (nSPS) is 30.8. The fraction of sp³-hybridized carbons (Fsp3) is 0.458. The van der Waals surface area contributed by atoms with E-state index in [9.17, 15) is 4.39 Å². The number of nitrogens with two attached hydrogens (primary N) is 1. The summed E-state index contributed by atoms with van der Waals surface area (Å²) in [6, 6.07) is 10.8. The van der Waals surface area contributed by atoms with Gasteiger partial charge in [0.25, 0.3) is 0 Å². The van der Waals surface area contributed by atoms with Gasteiger partial charge in [-0.1, -0.05) is 24.3 Å². The van der Waals surface area contributed by atoms with Crippen LogP contribution in [0.5, 0.6) is 0 Å². The number of ether oxygens (including phenoxy) is 2. The van der Waals surface area contributed by atoms with Crippen LogP contribution in [-0.2, 0) is 9.47 Å². The third-order valence-corrected chi connectivity index (χ3v) is 6.79. The first-order valence-corrected chi connectivity index (χ1v) is 10.6. The molecule has 1 saturated heterocycles. The standard InChI is InChI=1S/C24H27FN2O2/c25-19-3-1-2-16(12-19)17-4-6-21(27-15-17)7-9-23-22-8-5-20(26)13-18(22)14-24(23)28-10-11-29-24/h1-4,6-7,9,12,15,18,20,22-23H,5,8,10-11,13-14,26H2/b9-7+/t18-,20?,22+,23-/m0/s1. The Morgan fingerprint density at radius 1 is 1.10 bits per heavy atom. The van der Waals surface area contributed by atoms with Gasteiger partial charge in [0.1, 0.15) is 5.82 Å². The minimum Gasteiger partial charge on any atom is -0.347 e. The van der Waals surface area contributed by atoms with E-state index in [1.54, 1.807) is 12.3 Å². The second-order valence-corrected chi connectivity index (χ2v) is 8.58. The van der Waals surface area contributed by atoms with E-state index < -0.39 is 5.79 Å². The molecule has 1 unspecified atom stereocenters. The van der Waals surface area contributed by atoms with Crippen LogP contribution in [0, 0.1) is 23.6 Å². The van der Waals surface area contributed by atoms with Crippen molar-refractivity contribution in [2.24, 2.45) is 23.5 Å². The largest absolute Gasteiger partial charge is 0.347 e. The summed E-state index contributed by atoms with van der Waals surface area (Å²) in [5, 5.41) is 0. The molecule has 5 rings (SSSR count).